The molecule has 0 saturated carbocycles. The number of carbonyl (C=O) groups excluding carboxylic acids is 1. The van der Waals surface area contributed by atoms with Crippen LogP contribution in [0.25, 0.3) is 0 Å². The number of likely N-dealkylation sites (tertiary alicyclic amines) is 1. The quantitative estimate of drug-likeness (QED) is 0.446. The third-order valence-corrected chi connectivity index (χ3v) is 4.39. The molecule has 1 aliphatic heterocycles. The SMILES string of the molecule is CC1CCN(C(=O)/C(C#N)=C\Nc2cc(C(F)(F)F)cc(C(F)(F)F)c2)CC1. The van der Waals surface area contributed by atoms with E-state index in [-0.39, 0.29) is 6.07 Å². The Bertz CT molecular complexity index is 767. The molecule has 0 aliphatic carbocycles. The molecular weight excluding hydrogens is 388 g/mol. The molecule has 152 valence electrons. The lowest BCUT2D eigenvalue weighted by Crippen LogP contribution is -2.38. The van der Waals surface area contributed by atoms with E-state index in [1.165, 1.54) is 4.90 Å². The summed E-state index contributed by atoms with van der Waals surface area (Å²) in [4.78, 5) is 13.8. The van der Waals surface area contributed by atoms with Gasteiger partial charge in [0.05, 0.1) is 11.1 Å². The Morgan fingerprint density at radius 3 is 2.04 bits per heavy atom. The first-order valence-electron chi connectivity index (χ1n) is 8.37. The summed E-state index contributed by atoms with van der Waals surface area (Å²) in [6.45, 7) is 2.89. The fourth-order valence-corrected chi connectivity index (χ4v) is 2.72. The largest absolute Gasteiger partial charge is 0.416 e. The number of amides is 1. The lowest BCUT2D eigenvalue weighted by molar-refractivity contribution is -0.143. The highest BCUT2D eigenvalue weighted by molar-refractivity contribution is 5.97. The standard InChI is InChI=1S/C18H17F6N3O/c1-11-2-4-27(5-3-11)16(28)12(9-25)10-26-15-7-13(17(19,20)21)6-14(8-15)18(22,23)24/h6-8,10-11,26H,2-5H2,1H3/b12-10-. The molecule has 2 rings (SSSR count). The molecule has 1 aromatic rings. The molecule has 1 aliphatic rings. The molecule has 0 unspecified atom stereocenters. The summed E-state index contributed by atoms with van der Waals surface area (Å²) in [5.41, 5.74) is -3.92. The van der Waals surface area contributed by atoms with E-state index in [0.29, 0.717) is 31.1 Å². The Labute approximate surface area is 157 Å². The molecule has 28 heavy (non-hydrogen) atoms. The average molecular weight is 405 g/mol. The van der Waals surface area contributed by atoms with Crippen molar-refractivity contribution in [3.05, 3.63) is 41.1 Å². The van der Waals surface area contributed by atoms with E-state index in [1.54, 1.807) is 6.07 Å². The average Bonchev–Trinajstić information content (AvgIpc) is 2.61. The second-order valence-corrected chi connectivity index (χ2v) is 6.58. The number of hydrogen-bond acceptors (Lipinski definition) is 3. The topological polar surface area (TPSA) is 56.1 Å². The van der Waals surface area contributed by atoms with Crippen LogP contribution < -0.4 is 5.32 Å². The number of hydrogen-bond donors (Lipinski definition) is 1. The normalized spacial score (nSPS) is 16.6. The van der Waals surface area contributed by atoms with E-state index in [0.717, 1.165) is 19.0 Å². The van der Waals surface area contributed by atoms with Gasteiger partial charge in [-0.25, -0.2) is 0 Å². The van der Waals surface area contributed by atoms with Crippen LogP contribution in [0.4, 0.5) is 32.0 Å². The summed E-state index contributed by atoms with van der Waals surface area (Å²) >= 11 is 0. The number of alkyl halides is 6. The first kappa shape index (κ1) is 21.6. The zero-order chi connectivity index (χ0) is 21.1. The summed E-state index contributed by atoms with van der Waals surface area (Å²) in [5.74, 6) is -0.187. The Kier molecular flexibility index (Phi) is 6.27. The molecule has 0 spiro atoms. The maximum absolute atomic E-state index is 12.9. The van der Waals surface area contributed by atoms with Gasteiger partial charge < -0.3 is 10.2 Å². The number of anilines is 1. The number of rotatable bonds is 3. The molecule has 0 radical (unpaired) electrons. The van der Waals surface area contributed by atoms with Crippen LogP contribution in [0.1, 0.15) is 30.9 Å². The van der Waals surface area contributed by atoms with Crippen molar-refractivity contribution in [3.8, 4) is 6.07 Å². The Balaban J connectivity index is 2.27. The van der Waals surface area contributed by atoms with Crippen LogP contribution in [0, 0.1) is 17.2 Å². The minimum Gasteiger partial charge on any atom is -0.360 e. The highest BCUT2D eigenvalue weighted by Crippen LogP contribution is 2.37. The van der Waals surface area contributed by atoms with E-state index in [9.17, 15) is 31.1 Å². The summed E-state index contributed by atoms with van der Waals surface area (Å²) < 4.78 is 77.3. The predicted octanol–water partition coefficient (Wildman–Crippen LogP) is 4.80. The summed E-state index contributed by atoms with van der Waals surface area (Å²) in [7, 11) is 0. The fraction of sp³-hybridized carbons (Fsp3) is 0.444. The number of halogens is 6. The highest BCUT2D eigenvalue weighted by atomic mass is 19.4. The maximum atomic E-state index is 12.9. The third-order valence-electron chi connectivity index (χ3n) is 4.39. The van der Waals surface area contributed by atoms with Gasteiger partial charge in [0.2, 0.25) is 0 Å². The van der Waals surface area contributed by atoms with E-state index >= 15 is 0 Å². The summed E-state index contributed by atoms with van der Waals surface area (Å²) in [6.07, 6.45) is -7.64. The molecule has 4 nitrogen and oxygen atoms in total. The van der Waals surface area contributed by atoms with Crippen molar-refractivity contribution in [3.63, 3.8) is 0 Å². The minimum absolute atomic E-state index is 0.000148. The number of nitrogens with zero attached hydrogens (tertiary/aromatic N) is 2. The number of carbonyl (C=O) groups is 1. The number of nitrogens with one attached hydrogen (secondary N) is 1. The number of benzene rings is 1. The summed E-state index contributed by atoms with van der Waals surface area (Å²) in [5, 5.41) is 11.4. The second-order valence-electron chi connectivity index (χ2n) is 6.58. The Morgan fingerprint density at radius 1 is 1.11 bits per heavy atom. The van der Waals surface area contributed by atoms with Crippen LogP contribution >= 0.6 is 0 Å². The lowest BCUT2D eigenvalue weighted by atomic mass is 9.99. The van der Waals surface area contributed by atoms with Crippen LogP contribution in [0.3, 0.4) is 0 Å². The molecular formula is C18H17F6N3O. The lowest BCUT2D eigenvalue weighted by Gasteiger charge is -2.30. The van der Waals surface area contributed by atoms with Crippen molar-refractivity contribution in [1.29, 1.82) is 5.26 Å². The van der Waals surface area contributed by atoms with Crippen LogP contribution in [-0.2, 0) is 17.1 Å². The molecule has 1 amide bonds. The zero-order valence-electron chi connectivity index (χ0n) is 14.8. The summed E-state index contributed by atoms with van der Waals surface area (Å²) in [6, 6.07) is 2.59. The molecule has 10 heteroatoms. The van der Waals surface area contributed by atoms with Gasteiger partial charge >= 0.3 is 12.4 Å². The molecule has 1 aromatic carbocycles. The predicted molar refractivity (Wildman–Crippen MR) is 88.7 cm³/mol. The maximum Gasteiger partial charge on any atom is 0.416 e. The van der Waals surface area contributed by atoms with Crippen molar-refractivity contribution >= 4 is 11.6 Å². The third kappa shape index (κ3) is 5.41. The second kappa shape index (κ2) is 8.12. The molecule has 1 N–H and O–H groups in total. The van der Waals surface area contributed by atoms with Gasteiger partial charge in [0.25, 0.3) is 5.91 Å². The molecule has 1 heterocycles. The van der Waals surface area contributed by atoms with E-state index in [2.05, 4.69) is 5.32 Å². The van der Waals surface area contributed by atoms with Crippen molar-refractivity contribution < 1.29 is 31.1 Å². The number of piperidine rings is 1. The minimum atomic E-state index is -4.99. The van der Waals surface area contributed by atoms with Crippen molar-refractivity contribution in [1.82, 2.24) is 4.90 Å². The van der Waals surface area contributed by atoms with Gasteiger partial charge in [-0.3, -0.25) is 4.79 Å². The van der Waals surface area contributed by atoms with Gasteiger partial charge in [-0.1, -0.05) is 6.92 Å². The van der Waals surface area contributed by atoms with Gasteiger partial charge in [0, 0.05) is 25.0 Å². The molecule has 0 atom stereocenters. The van der Waals surface area contributed by atoms with Gasteiger partial charge in [-0.05, 0) is 37.0 Å². The van der Waals surface area contributed by atoms with Gasteiger partial charge in [-0.2, -0.15) is 31.6 Å². The van der Waals surface area contributed by atoms with Crippen LogP contribution in [-0.4, -0.2) is 23.9 Å². The van der Waals surface area contributed by atoms with Crippen molar-refractivity contribution in [2.75, 3.05) is 18.4 Å². The first-order chi connectivity index (χ1) is 12.9. The molecule has 1 fully saturated rings. The van der Waals surface area contributed by atoms with Gasteiger partial charge in [0.15, 0.2) is 0 Å². The van der Waals surface area contributed by atoms with Crippen LogP contribution in [0.2, 0.25) is 0 Å². The Morgan fingerprint density at radius 2 is 1.61 bits per heavy atom. The van der Waals surface area contributed by atoms with Crippen molar-refractivity contribution in [2.45, 2.75) is 32.1 Å². The van der Waals surface area contributed by atoms with Crippen LogP contribution in [0.15, 0.2) is 30.0 Å². The molecule has 0 aromatic heterocycles. The first-order valence-corrected chi connectivity index (χ1v) is 8.37. The zero-order valence-corrected chi connectivity index (χ0v) is 14.8. The highest BCUT2D eigenvalue weighted by Gasteiger charge is 2.37. The van der Waals surface area contributed by atoms with E-state index < -0.39 is 40.6 Å². The van der Waals surface area contributed by atoms with E-state index in [4.69, 9.17) is 5.26 Å². The molecule has 1 saturated heterocycles. The van der Waals surface area contributed by atoms with Crippen molar-refractivity contribution in [2.24, 2.45) is 5.92 Å². The van der Waals surface area contributed by atoms with Gasteiger partial charge in [0.1, 0.15) is 11.6 Å². The monoisotopic (exact) mass is 405 g/mol. The number of nitriles is 1. The fourth-order valence-electron chi connectivity index (χ4n) is 2.72. The molecule has 0 bridgehead atoms. The van der Waals surface area contributed by atoms with E-state index in [1.807, 2.05) is 6.92 Å². The Hall–Kier alpha value is -2.70. The van der Waals surface area contributed by atoms with Gasteiger partial charge in [-0.15, -0.1) is 0 Å². The van der Waals surface area contributed by atoms with Crippen LogP contribution in [0.5, 0.6) is 0 Å². The smallest absolute Gasteiger partial charge is 0.360 e.